The van der Waals surface area contributed by atoms with Crippen molar-refractivity contribution in [3.63, 3.8) is 0 Å². The average molecular weight is 237 g/mol. The number of ether oxygens (including phenoxy) is 1. The van der Waals surface area contributed by atoms with E-state index in [9.17, 15) is 4.79 Å². The van der Waals surface area contributed by atoms with Gasteiger partial charge in [-0.25, -0.2) is 0 Å². The molecule has 2 N–H and O–H groups in total. The summed E-state index contributed by atoms with van der Waals surface area (Å²) in [6.07, 6.45) is 0.323. The van der Waals surface area contributed by atoms with E-state index in [4.69, 9.17) is 9.84 Å². The SMILES string of the molecule is CC(C)Oc1ccc(CNCCC(=O)O)cc1. The van der Waals surface area contributed by atoms with Crippen molar-refractivity contribution < 1.29 is 14.6 Å². The molecular weight excluding hydrogens is 218 g/mol. The smallest absolute Gasteiger partial charge is 0.304 e. The Morgan fingerprint density at radius 2 is 2.00 bits per heavy atom. The van der Waals surface area contributed by atoms with E-state index >= 15 is 0 Å². The zero-order valence-corrected chi connectivity index (χ0v) is 10.3. The lowest BCUT2D eigenvalue weighted by Gasteiger charge is -2.10. The van der Waals surface area contributed by atoms with Crippen molar-refractivity contribution in [3.05, 3.63) is 29.8 Å². The highest BCUT2D eigenvalue weighted by Crippen LogP contribution is 2.13. The van der Waals surface area contributed by atoms with E-state index in [-0.39, 0.29) is 12.5 Å². The van der Waals surface area contributed by atoms with Crippen molar-refractivity contribution >= 4 is 5.97 Å². The summed E-state index contributed by atoms with van der Waals surface area (Å²) in [4.78, 5) is 10.3. The summed E-state index contributed by atoms with van der Waals surface area (Å²) in [5.41, 5.74) is 1.12. The number of carboxylic acids is 1. The normalized spacial score (nSPS) is 10.5. The molecule has 0 aliphatic carbocycles. The first-order valence-electron chi connectivity index (χ1n) is 5.76. The van der Waals surface area contributed by atoms with Gasteiger partial charge in [0.1, 0.15) is 5.75 Å². The highest BCUT2D eigenvalue weighted by atomic mass is 16.5. The van der Waals surface area contributed by atoms with Crippen LogP contribution in [0.25, 0.3) is 0 Å². The maximum absolute atomic E-state index is 10.3. The zero-order chi connectivity index (χ0) is 12.7. The van der Waals surface area contributed by atoms with Crippen LogP contribution in [-0.2, 0) is 11.3 Å². The Labute approximate surface area is 102 Å². The van der Waals surface area contributed by atoms with Gasteiger partial charge in [0, 0.05) is 13.1 Å². The first kappa shape index (κ1) is 13.5. The molecule has 17 heavy (non-hydrogen) atoms. The van der Waals surface area contributed by atoms with Crippen LogP contribution in [0.1, 0.15) is 25.8 Å². The van der Waals surface area contributed by atoms with Crippen molar-refractivity contribution in [1.29, 1.82) is 0 Å². The van der Waals surface area contributed by atoms with Crippen LogP contribution < -0.4 is 10.1 Å². The van der Waals surface area contributed by atoms with Gasteiger partial charge in [-0.05, 0) is 31.5 Å². The van der Waals surface area contributed by atoms with Crippen LogP contribution in [0.3, 0.4) is 0 Å². The third-order valence-electron chi connectivity index (χ3n) is 2.14. The number of carboxylic acid groups (broad SMARTS) is 1. The van der Waals surface area contributed by atoms with Gasteiger partial charge >= 0.3 is 5.97 Å². The Hall–Kier alpha value is -1.55. The number of hydrogen-bond donors (Lipinski definition) is 2. The van der Waals surface area contributed by atoms with Gasteiger partial charge in [-0.15, -0.1) is 0 Å². The highest BCUT2D eigenvalue weighted by molar-refractivity contribution is 5.66. The second-order valence-corrected chi connectivity index (χ2v) is 4.13. The summed E-state index contributed by atoms with van der Waals surface area (Å²) in [5, 5.41) is 11.5. The van der Waals surface area contributed by atoms with Gasteiger partial charge in [-0.2, -0.15) is 0 Å². The number of carbonyl (C=O) groups is 1. The molecule has 1 rings (SSSR count). The molecule has 0 aromatic heterocycles. The maximum Gasteiger partial charge on any atom is 0.304 e. The number of nitrogens with one attached hydrogen (secondary N) is 1. The number of aliphatic carboxylic acids is 1. The van der Waals surface area contributed by atoms with E-state index in [2.05, 4.69) is 5.32 Å². The number of hydrogen-bond acceptors (Lipinski definition) is 3. The number of rotatable bonds is 7. The lowest BCUT2D eigenvalue weighted by Crippen LogP contribution is -2.17. The fraction of sp³-hybridized carbons (Fsp3) is 0.462. The van der Waals surface area contributed by atoms with E-state index in [1.165, 1.54) is 0 Å². The second-order valence-electron chi connectivity index (χ2n) is 4.13. The molecule has 0 unspecified atom stereocenters. The van der Waals surface area contributed by atoms with E-state index in [1.807, 2.05) is 38.1 Å². The van der Waals surface area contributed by atoms with Crippen LogP contribution in [-0.4, -0.2) is 23.7 Å². The number of benzene rings is 1. The van der Waals surface area contributed by atoms with Crippen LogP contribution >= 0.6 is 0 Å². The molecule has 0 saturated heterocycles. The molecule has 1 aromatic carbocycles. The minimum atomic E-state index is -0.779. The lowest BCUT2D eigenvalue weighted by atomic mass is 10.2. The third kappa shape index (κ3) is 5.92. The Morgan fingerprint density at radius 3 is 2.53 bits per heavy atom. The van der Waals surface area contributed by atoms with E-state index < -0.39 is 5.97 Å². The van der Waals surface area contributed by atoms with Crippen LogP contribution in [0.15, 0.2) is 24.3 Å². The van der Waals surface area contributed by atoms with Crippen LogP contribution in [0.4, 0.5) is 0 Å². The molecule has 0 bridgehead atoms. The summed E-state index contributed by atoms with van der Waals surface area (Å²) in [6, 6.07) is 7.80. The van der Waals surface area contributed by atoms with Gasteiger partial charge in [0.15, 0.2) is 0 Å². The quantitative estimate of drug-likeness (QED) is 0.712. The Balaban J connectivity index is 2.32. The van der Waals surface area contributed by atoms with E-state index in [1.54, 1.807) is 0 Å². The van der Waals surface area contributed by atoms with Crippen molar-refractivity contribution in [2.75, 3.05) is 6.54 Å². The van der Waals surface area contributed by atoms with Crippen molar-refractivity contribution in [2.45, 2.75) is 32.9 Å². The van der Waals surface area contributed by atoms with Crippen LogP contribution in [0, 0.1) is 0 Å². The molecule has 0 heterocycles. The molecule has 0 aliphatic heterocycles. The second kappa shape index (κ2) is 6.91. The van der Waals surface area contributed by atoms with Crippen molar-refractivity contribution in [2.24, 2.45) is 0 Å². The van der Waals surface area contributed by atoms with Gasteiger partial charge in [-0.3, -0.25) is 4.79 Å². The molecule has 0 fully saturated rings. The lowest BCUT2D eigenvalue weighted by molar-refractivity contribution is -0.136. The fourth-order valence-corrected chi connectivity index (χ4v) is 1.39. The van der Waals surface area contributed by atoms with Crippen molar-refractivity contribution in [3.8, 4) is 5.75 Å². The molecule has 4 nitrogen and oxygen atoms in total. The molecule has 0 spiro atoms. The minimum Gasteiger partial charge on any atom is -0.491 e. The first-order valence-corrected chi connectivity index (χ1v) is 5.76. The molecule has 1 aromatic rings. The van der Waals surface area contributed by atoms with Gasteiger partial charge in [-0.1, -0.05) is 12.1 Å². The van der Waals surface area contributed by atoms with E-state index in [0.717, 1.165) is 11.3 Å². The van der Waals surface area contributed by atoms with Crippen LogP contribution in [0.2, 0.25) is 0 Å². The third-order valence-corrected chi connectivity index (χ3v) is 2.14. The Morgan fingerprint density at radius 1 is 1.35 bits per heavy atom. The summed E-state index contributed by atoms with van der Waals surface area (Å²) < 4.78 is 5.53. The van der Waals surface area contributed by atoms with Crippen LogP contribution in [0.5, 0.6) is 5.75 Å². The summed E-state index contributed by atoms with van der Waals surface area (Å²) in [7, 11) is 0. The molecule has 94 valence electrons. The average Bonchev–Trinajstić information content (AvgIpc) is 2.25. The van der Waals surface area contributed by atoms with E-state index in [0.29, 0.717) is 13.1 Å². The predicted octanol–water partition coefficient (Wildman–Crippen LogP) is 2.04. The monoisotopic (exact) mass is 237 g/mol. The van der Waals surface area contributed by atoms with Gasteiger partial charge in [0.25, 0.3) is 0 Å². The molecule has 4 heteroatoms. The largest absolute Gasteiger partial charge is 0.491 e. The van der Waals surface area contributed by atoms with Gasteiger partial charge in [0.05, 0.1) is 12.5 Å². The Bertz CT molecular complexity index is 346. The van der Waals surface area contributed by atoms with Gasteiger partial charge < -0.3 is 15.2 Å². The maximum atomic E-state index is 10.3. The standard InChI is InChI=1S/C13H19NO3/c1-10(2)17-12-5-3-11(4-6-12)9-14-8-7-13(15)16/h3-6,10,14H,7-9H2,1-2H3,(H,15,16). The summed E-state index contributed by atoms with van der Waals surface area (Å²) >= 11 is 0. The minimum absolute atomic E-state index is 0.147. The topological polar surface area (TPSA) is 58.6 Å². The molecule has 0 atom stereocenters. The van der Waals surface area contributed by atoms with Gasteiger partial charge in [0.2, 0.25) is 0 Å². The highest BCUT2D eigenvalue weighted by Gasteiger charge is 1.99. The molecular formula is C13H19NO3. The molecule has 0 radical (unpaired) electrons. The predicted molar refractivity (Wildman–Crippen MR) is 66.2 cm³/mol. The Kier molecular flexibility index (Phi) is 5.49. The van der Waals surface area contributed by atoms with Crippen molar-refractivity contribution in [1.82, 2.24) is 5.32 Å². The fourth-order valence-electron chi connectivity index (χ4n) is 1.39. The zero-order valence-electron chi connectivity index (χ0n) is 10.3. The molecule has 0 aliphatic rings. The first-order chi connectivity index (χ1) is 8.08. The summed E-state index contributed by atoms with van der Waals surface area (Å²) in [6.45, 7) is 5.14. The summed E-state index contributed by atoms with van der Waals surface area (Å²) in [5.74, 6) is 0.0764. The molecule has 0 amide bonds. The molecule has 0 saturated carbocycles.